The summed E-state index contributed by atoms with van der Waals surface area (Å²) in [7, 11) is 0. The van der Waals surface area contributed by atoms with Crippen LogP contribution in [0.15, 0.2) is 27.7 Å². The minimum atomic E-state index is -0.220. The lowest BCUT2D eigenvalue weighted by molar-refractivity contribution is -0.124. The minimum Gasteiger partial charge on any atom is -0.465 e. The molecule has 106 valence electrons. The average Bonchev–Trinajstić information content (AvgIpc) is 3.05. The predicted molar refractivity (Wildman–Crippen MR) is 76.8 cm³/mol. The van der Waals surface area contributed by atoms with Gasteiger partial charge in [0, 0.05) is 6.08 Å². The van der Waals surface area contributed by atoms with E-state index in [0.29, 0.717) is 17.3 Å². The lowest BCUT2D eigenvalue weighted by Crippen LogP contribution is -2.42. The highest BCUT2D eigenvalue weighted by Gasteiger charge is 2.36. The van der Waals surface area contributed by atoms with Gasteiger partial charge in [0.1, 0.15) is 5.76 Å². The second-order valence-corrected chi connectivity index (χ2v) is 5.94. The van der Waals surface area contributed by atoms with Gasteiger partial charge in [-0.1, -0.05) is 6.42 Å². The molecule has 2 amide bonds. The second-order valence-electron chi connectivity index (χ2n) is 4.95. The second kappa shape index (κ2) is 5.85. The van der Waals surface area contributed by atoms with E-state index in [1.165, 1.54) is 11.3 Å². The Morgan fingerprint density at radius 2 is 2.05 bits per heavy atom. The number of piperidine rings is 1. The van der Waals surface area contributed by atoms with Crippen molar-refractivity contribution in [2.24, 2.45) is 0 Å². The first-order valence-electron chi connectivity index (χ1n) is 6.75. The number of thioether (sulfide) groups is 1. The molecule has 2 aliphatic heterocycles. The van der Waals surface area contributed by atoms with Crippen LogP contribution >= 0.6 is 11.8 Å². The van der Waals surface area contributed by atoms with Crippen LogP contribution in [0.25, 0.3) is 6.08 Å². The van der Waals surface area contributed by atoms with Crippen molar-refractivity contribution >= 4 is 29.0 Å². The molecule has 0 atom stereocenters. The number of carbonyl (C=O) groups is 2. The van der Waals surface area contributed by atoms with E-state index in [4.69, 9.17) is 4.42 Å². The Hall–Kier alpha value is -1.53. The average molecular weight is 292 g/mol. The number of rotatable bonds is 3. The van der Waals surface area contributed by atoms with Crippen molar-refractivity contribution < 1.29 is 14.0 Å². The van der Waals surface area contributed by atoms with Gasteiger partial charge in [-0.3, -0.25) is 19.4 Å². The molecule has 0 aliphatic carbocycles. The Balaban J connectivity index is 1.70. The molecule has 5 nitrogen and oxygen atoms in total. The summed E-state index contributed by atoms with van der Waals surface area (Å²) in [6.07, 6.45) is 6.68. The van der Waals surface area contributed by atoms with Crippen molar-refractivity contribution in [3.8, 4) is 0 Å². The van der Waals surface area contributed by atoms with Crippen LogP contribution in [0.5, 0.6) is 0 Å². The zero-order valence-corrected chi connectivity index (χ0v) is 11.9. The van der Waals surface area contributed by atoms with Crippen molar-refractivity contribution in [3.05, 3.63) is 29.1 Å². The van der Waals surface area contributed by atoms with Gasteiger partial charge in [0.05, 0.1) is 17.8 Å². The molecule has 2 aliphatic rings. The third-order valence-electron chi connectivity index (χ3n) is 3.48. The number of hydrogen-bond acceptors (Lipinski definition) is 5. The standard InChI is InChI=1S/C14H16N2O3S/c17-13-12(9-11-5-4-8-19-11)20-14(18)16(13)10-15-6-2-1-3-7-15/h4-5,8-9H,1-3,6-7,10H2. The summed E-state index contributed by atoms with van der Waals surface area (Å²) < 4.78 is 5.18. The van der Waals surface area contributed by atoms with Crippen LogP contribution in [0.2, 0.25) is 0 Å². The summed E-state index contributed by atoms with van der Waals surface area (Å²) in [5, 5.41) is -0.196. The maximum absolute atomic E-state index is 12.3. The van der Waals surface area contributed by atoms with Crippen molar-refractivity contribution in [1.82, 2.24) is 9.80 Å². The lowest BCUT2D eigenvalue weighted by Gasteiger charge is -2.29. The van der Waals surface area contributed by atoms with Gasteiger partial charge >= 0.3 is 0 Å². The van der Waals surface area contributed by atoms with Gasteiger partial charge in [0.2, 0.25) is 0 Å². The zero-order valence-electron chi connectivity index (χ0n) is 11.1. The molecule has 3 rings (SSSR count). The first-order valence-corrected chi connectivity index (χ1v) is 7.57. The summed E-state index contributed by atoms with van der Waals surface area (Å²) in [6, 6.07) is 3.52. The van der Waals surface area contributed by atoms with Crippen LogP contribution in [-0.2, 0) is 4.79 Å². The number of furan rings is 1. The van der Waals surface area contributed by atoms with Crippen LogP contribution in [0.3, 0.4) is 0 Å². The number of nitrogens with zero attached hydrogens (tertiary/aromatic N) is 2. The summed E-state index contributed by atoms with van der Waals surface area (Å²) in [5.41, 5.74) is 0. The number of imide groups is 1. The molecule has 1 aromatic heterocycles. The van der Waals surface area contributed by atoms with E-state index in [1.807, 2.05) is 0 Å². The molecular weight excluding hydrogens is 276 g/mol. The molecular formula is C14H16N2O3S. The highest BCUT2D eigenvalue weighted by atomic mass is 32.2. The number of hydrogen-bond donors (Lipinski definition) is 0. The third kappa shape index (κ3) is 2.81. The van der Waals surface area contributed by atoms with Gasteiger partial charge in [-0.2, -0.15) is 0 Å². The first-order chi connectivity index (χ1) is 9.74. The predicted octanol–water partition coefficient (Wildman–Crippen LogP) is 2.76. The monoisotopic (exact) mass is 292 g/mol. The molecule has 0 N–H and O–H groups in total. The molecule has 3 heterocycles. The van der Waals surface area contributed by atoms with Gasteiger partial charge in [0.15, 0.2) is 0 Å². The largest absolute Gasteiger partial charge is 0.465 e. The quantitative estimate of drug-likeness (QED) is 0.802. The number of amides is 2. The first kappa shape index (κ1) is 13.5. The summed E-state index contributed by atoms with van der Waals surface area (Å²) in [6.45, 7) is 2.32. The molecule has 2 fully saturated rings. The van der Waals surface area contributed by atoms with Gasteiger partial charge in [0.25, 0.3) is 11.1 Å². The van der Waals surface area contributed by atoms with Gasteiger partial charge in [-0.15, -0.1) is 0 Å². The highest BCUT2D eigenvalue weighted by molar-refractivity contribution is 8.18. The molecule has 1 aromatic rings. The van der Waals surface area contributed by atoms with E-state index in [9.17, 15) is 9.59 Å². The summed E-state index contributed by atoms with van der Waals surface area (Å²) in [5.74, 6) is 0.371. The molecule has 2 saturated heterocycles. The zero-order chi connectivity index (χ0) is 13.9. The number of likely N-dealkylation sites (tertiary alicyclic amines) is 1. The van der Waals surface area contributed by atoms with Gasteiger partial charge < -0.3 is 4.42 Å². The normalized spacial score (nSPS) is 23.0. The Morgan fingerprint density at radius 1 is 1.25 bits per heavy atom. The number of carbonyl (C=O) groups excluding carboxylic acids is 2. The Bertz CT molecular complexity index is 533. The topological polar surface area (TPSA) is 53.8 Å². The van der Waals surface area contributed by atoms with Crippen LogP contribution in [0, 0.1) is 0 Å². The van der Waals surface area contributed by atoms with Crippen LogP contribution in [-0.4, -0.2) is 40.7 Å². The Morgan fingerprint density at radius 3 is 2.75 bits per heavy atom. The van der Waals surface area contributed by atoms with Crippen molar-refractivity contribution in [2.75, 3.05) is 19.8 Å². The van der Waals surface area contributed by atoms with Gasteiger partial charge in [-0.25, -0.2) is 0 Å². The highest BCUT2D eigenvalue weighted by Crippen LogP contribution is 2.32. The minimum absolute atomic E-state index is 0.196. The van der Waals surface area contributed by atoms with E-state index in [0.717, 1.165) is 37.7 Å². The van der Waals surface area contributed by atoms with Crippen molar-refractivity contribution in [3.63, 3.8) is 0 Å². The summed E-state index contributed by atoms with van der Waals surface area (Å²) in [4.78, 5) is 28.1. The van der Waals surface area contributed by atoms with Crippen LogP contribution in [0.4, 0.5) is 4.79 Å². The molecule has 0 bridgehead atoms. The van der Waals surface area contributed by atoms with Gasteiger partial charge in [-0.05, 0) is 49.8 Å². The van der Waals surface area contributed by atoms with E-state index < -0.39 is 0 Å². The van der Waals surface area contributed by atoms with E-state index in [1.54, 1.807) is 24.5 Å². The maximum atomic E-state index is 12.3. The summed E-state index contributed by atoms with van der Waals surface area (Å²) >= 11 is 0.980. The fourth-order valence-electron chi connectivity index (χ4n) is 2.43. The van der Waals surface area contributed by atoms with E-state index in [2.05, 4.69) is 4.90 Å². The van der Waals surface area contributed by atoms with Crippen LogP contribution in [0.1, 0.15) is 25.0 Å². The molecule has 0 radical (unpaired) electrons. The smallest absolute Gasteiger partial charge is 0.294 e. The van der Waals surface area contributed by atoms with Crippen LogP contribution < -0.4 is 0 Å². The Labute approximate surface area is 121 Å². The molecule has 0 aromatic carbocycles. The third-order valence-corrected chi connectivity index (χ3v) is 4.39. The SMILES string of the molecule is O=C1SC(=Cc2ccco2)C(=O)N1CN1CCCCC1. The molecule has 0 spiro atoms. The lowest BCUT2D eigenvalue weighted by atomic mass is 10.1. The fourth-order valence-corrected chi connectivity index (χ4v) is 3.24. The Kier molecular flexibility index (Phi) is 3.93. The molecule has 20 heavy (non-hydrogen) atoms. The molecule has 0 unspecified atom stereocenters. The molecule has 6 heteroatoms. The van der Waals surface area contributed by atoms with E-state index >= 15 is 0 Å². The van der Waals surface area contributed by atoms with Crippen molar-refractivity contribution in [2.45, 2.75) is 19.3 Å². The van der Waals surface area contributed by atoms with E-state index in [-0.39, 0.29) is 11.1 Å². The molecule has 0 saturated carbocycles. The fraction of sp³-hybridized carbons (Fsp3) is 0.429. The maximum Gasteiger partial charge on any atom is 0.294 e. The van der Waals surface area contributed by atoms with Crippen molar-refractivity contribution in [1.29, 1.82) is 0 Å².